The second-order valence-electron chi connectivity index (χ2n) is 8.41. The normalized spacial score (nSPS) is 12.2. The average Bonchev–Trinajstić information content (AvgIpc) is 2.70. The van der Waals surface area contributed by atoms with E-state index in [4.69, 9.17) is 16.3 Å². The van der Waals surface area contributed by atoms with Crippen molar-refractivity contribution in [2.45, 2.75) is 52.6 Å². The van der Waals surface area contributed by atoms with E-state index in [1.54, 1.807) is 19.1 Å². The predicted octanol–water partition coefficient (Wildman–Crippen LogP) is 5.33. The molecule has 0 aliphatic carbocycles. The van der Waals surface area contributed by atoms with E-state index in [-0.39, 0.29) is 30.4 Å². The van der Waals surface area contributed by atoms with Gasteiger partial charge < -0.3 is 15.0 Å². The molecule has 0 saturated heterocycles. The fourth-order valence-corrected chi connectivity index (χ4v) is 3.75. The lowest BCUT2D eigenvalue weighted by Crippen LogP contribution is -2.49. The molecule has 5 nitrogen and oxygen atoms in total. The number of amides is 2. The average molecular weight is 510 g/mol. The first-order valence-corrected chi connectivity index (χ1v) is 11.4. The highest BCUT2D eigenvalue weighted by molar-refractivity contribution is 9.10. The molecule has 0 aliphatic rings. The Hall–Kier alpha value is -2.05. The fourth-order valence-electron chi connectivity index (χ4n) is 3.04. The van der Waals surface area contributed by atoms with Gasteiger partial charge in [-0.15, -0.1) is 0 Å². The first kappa shape index (κ1) is 25.2. The summed E-state index contributed by atoms with van der Waals surface area (Å²) in [6.07, 6.45) is 0. The van der Waals surface area contributed by atoms with Crippen LogP contribution in [0.2, 0.25) is 5.02 Å². The van der Waals surface area contributed by atoms with Crippen molar-refractivity contribution in [3.8, 4) is 5.75 Å². The van der Waals surface area contributed by atoms with E-state index < -0.39 is 6.04 Å². The highest BCUT2D eigenvalue weighted by Crippen LogP contribution is 2.31. The van der Waals surface area contributed by atoms with Crippen molar-refractivity contribution < 1.29 is 14.3 Å². The SMILES string of the molecule is CCNC(=O)[C@H](C)N(Cc1cccc(Cl)c1)C(=O)COc1ccc(C(C)(C)C)cc1Br. The van der Waals surface area contributed by atoms with Crippen LogP contribution in [-0.2, 0) is 21.5 Å². The quantitative estimate of drug-likeness (QED) is 0.523. The molecule has 0 fully saturated rings. The lowest BCUT2D eigenvalue weighted by atomic mass is 9.87. The third-order valence-electron chi connectivity index (χ3n) is 4.91. The molecule has 2 aromatic carbocycles. The van der Waals surface area contributed by atoms with E-state index in [0.29, 0.717) is 17.3 Å². The lowest BCUT2D eigenvalue weighted by molar-refractivity contribution is -0.142. The van der Waals surface area contributed by atoms with Crippen LogP contribution in [0.1, 0.15) is 45.7 Å². The molecule has 2 rings (SSSR count). The second kappa shape index (κ2) is 11.0. The Morgan fingerprint density at radius 1 is 1.19 bits per heavy atom. The van der Waals surface area contributed by atoms with E-state index in [2.05, 4.69) is 42.0 Å². The van der Waals surface area contributed by atoms with Crippen molar-refractivity contribution in [1.29, 1.82) is 0 Å². The molecule has 0 aliphatic heterocycles. The van der Waals surface area contributed by atoms with Crippen LogP contribution in [0.3, 0.4) is 0 Å². The van der Waals surface area contributed by atoms with E-state index in [1.807, 2.05) is 37.3 Å². The van der Waals surface area contributed by atoms with Crippen molar-refractivity contribution in [3.63, 3.8) is 0 Å². The zero-order valence-corrected chi connectivity index (χ0v) is 21.0. The largest absolute Gasteiger partial charge is 0.483 e. The zero-order chi connectivity index (χ0) is 23.2. The van der Waals surface area contributed by atoms with Gasteiger partial charge in [0.15, 0.2) is 6.61 Å². The Morgan fingerprint density at radius 3 is 2.48 bits per heavy atom. The second-order valence-corrected chi connectivity index (χ2v) is 9.70. The smallest absolute Gasteiger partial charge is 0.261 e. The molecule has 0 aromatic heterocycles. The summed E-state index contributed by atoms with van der Waals surface area (Å²) in [5.41, 5.74) is 2.00. The molecule has 0 spiro atoms. The van der Waals surface area contributed by atoms with Crippen molar-refractivity contribution in [1.82, 2.24) is 10.2 Å². The molecule has 0 radical (unpaired) electrons. The third kappa shape index (κ3) is 7.25. The summed E-state index contributed by atoms with van der Waals surface area (Å²) in [7, 11) is 0. The van der Waals surface area contributed by atoms with Gasteiger partial charge >= 0.3 is 0 Å². The minimum Gasteiger partial charge on any atom is -0.483 e. The summed E-state index contributed by atoms with van der Waals surface area (Å²) in [6, 6.07) is 12.4. The van der Waals surface area contributed by atoms with Gasteiger partial charge in [0.2, 0.25) is 5.91 Å². The Balaban J connectivity index is 2.17. The molecule has 0 saturated carbocycles. The molecule has 0 heterocycles. The number of rotatable bonds is 8. The fraction of sp³-hybridized carbons (Fsp3) is 0.417. The van der Waals surface area contributed by atoms with Gasteiger partial charge in [-0.2, -0.15) is 0 Å². The molecule has 2 aromatic rings. The Morgan fingerprint density at radius 2 is 1.90 bits per heavy atom. The summed E-state index contributed by atoms with van der Waals surface area (Å²) >= 11 is 9.62. The predicted molar refractivity (Wildman–Crippen MR) is 128 cm³/mol. The Labute approximate surface area is 198 Å². The van der Waals surface area contributed by atoms with Gasteiger partial charge in [0.1, 0.15) is 11.8 Å². The summed E-state index contributed by atoms with van der Waals surface area (Å²) in [6.45, 7) is 10.5. The minimum atomic E-state index is -0.651. The van der Waals surface area contributed by atoms with E-state index >= 15 is 0 Å². The Kier molecular flexibility index (Phi) is 8.95. The van der Waals surface area contributed by atoms with Crippen LogP contribution in [-0.4, -0.2) is 35.9 Å². The van der Waals surface area contributed by atoms with Crippen molar-refractivity contribution in [2.75, 3.05) is 13.2 Å². The van der Waals surface area contributed by atoms with Crippen LogP contribution in [0.15, 0.2) is 46.9 Å². The number of benzene rings is 2. The number of hydrogen-bond acceptors (Lipinski definition) is 3. The van der Waals surface area contributed by atoms with Crippen molar-refractivity contribution in [3.05, 3.63) is 63.1 Å². The van der Waals surface area contributed by atoms with Crippen LogP contribution >= 0.6 is 27.5 Å². The zero-order valence-electron chi connectivity index (χ0n) is 18.7. The van der Waals surface area contributed by atoms with Crippen LogP contribution in [0.5, 0.6) is 5.75 Å². The minimum absolute atomic E-state index is 0.00664. The van der Waals surface area contributed by atoms with E-state index in [9.17, 15) is 9.59 Å². The van der Waals surface area contributed by atoms with Gasteiger partial charge in [-0.25, -0.2) is 0 Å². The summed E-state index contributed by atoms with van der Waals surface area (Å²) in [5.74, 6) is 0.0776. The maximum absolute atomic E-state index is 13.1. The molecule has 1 N–H and O–H groups in total. The number of nitrogens with zero attached hydrogens (tertiary/aromatic N) is 1. The standard InChI is InChI=1S/C24H30BrClN2O3/c1-6-27-23(30)16(2)28(14-17-8-7-9-19(26)12-17)22(29)15-31-21-11-10-18(13-20(21)25)24(3,4)5/h7-13,16H,6,14-15H2,1-5H3,(H,27,30)/t16-/m0/s1. The molecule has 0 bridgehead atoms. The van der Waals surface area contributed by atoms with Crippen LogP contribution in [0.4, 0.5) is 0 Å². The highest BCUT2D eigenvalue weighted by Gasteiger charge is 2.26. The van der Waals surface area contributed by atoms with Gasteiger partial charge in [-0.05, 0) is 70.6 Å². The van der Waals surface area contributed by atoms with Gasteiger partial charge in [-0.1, -0.05) is 50.6 Å². The van der Waals surface area contributed by atoms with Gasteiger partial charge in [0.05, 0.1) is 4.47 Å². The van der Waals surface area contributed by atoms with Crippen LogP contribution in [0, 0.1) is 0 Å². The number of ether oxygens (including phenoxy) is 1. The summed E-state index contributed by atoms with van der Waals surface area (Å²) in [5, 5.41) is 3.35. The summed E-state index contributed by atoms with van der Waals surface area (Å²) in [4.78, 5) is 27.0. The number of carbonyl (C=O) groups excluding carboxylic acids is 2. The Bertz CT molecular complexity index is 927. The molecule has 2 amide bonds. The molecule has 1 atom stereocenters. The van der Waals surface area contributed by atoms with Crippen molar-refractivity contribution >= 4 is 39.3 Å². The van der Waals surface area contributed by atoms with Crippen molar-refractivity contribution in [2.24, 2.45) is 0 Å². The number of halogens is 2. The first-order chi connectivity index (χ1) is 14.5. The van der Waals surface area contributed by atoms with Gasteiger partial charge in [0, 0.05) is 18.1 Å². The molecule has 0 unspecified atom stereocenters. The van der Waals surface area contributed by atoms with E-state index in [0.717, 1.165) is 15.6 Å². The monoisotopic (exact) mass is 508 g/mol. The van der Waals surface area contributed by atoms with Gasteiger partial charge in [0.25, 0.3) is 5.91 Å². The lowest BCUT2D eigenvalue weighted by Gasteiger charge is -2.29. The van der Waals surface area contributed by atoms with Crippen LogP contribution in [0.25, 0.3) is 0 Å². The molecule has 7 heteroatoms. The maximum atomic E-state index is 13.1. The topological polar surface area (TPSA) is 58.6 Å². The molecule has 31 heavy (non-hydrogen) atoms. The highest BCUT2D eigenvalue weighted by atomic mass is 79.9. The van der Waals surface area contributed by atoms with Crippen LogP contribution < -0.4 is 10.1 Å². The summed E-state index contributed by atoms with van der Waals surface area (Å²) < 4.78 is 6.59. The maximum Gasteiger partial charge on any atom is 0.261 e. The van der Waals surface area contributed by atoms with Gasteiger partial charge in [-0.3, -0.25) is 9.59 Å². The third-order valence-corrected chi connectivity index (χ3v) is 5.76. The first-order valence-electron chi connectivity index (χ1n) is 10.3. The molecule has 168 valence electrons. The molecular formula is C24H30BrClN2O3. The molecular weight excluding hydrogens is 480 g/mol. The number of carbonyl (C=O) groups is 2. The number of likely N-dealkylation sites (N-methyl/N-ethyl adjacent to an activating group) is 1. The number of nitrogens with one attached hydrogen (secondary N) is 1. The van der Waals surface area contributed by atoms with E-state index in [1.165, 1.54) is 4.90 Å². The number of hydrogen-bond donors (Lipinski definition) is 1.